The number of nitrogens with one attached hydrogen (secondary N) is 5. The number of hydrogen-bond donors (Lipinski definition) is 5. The number of aryl methyl sites for hydroxylation is 1. The number of aromatic nitrogens is 1. The molecule has 3 aromatic carbocycles. The quantitative estimate of drug-likeness (QED) is 0.0804. The third kappa shape index (κ3) is 8.55. The van der Waals surface area contributed by atoms with Crippen molar-refractivity contribution in [3.8, 4) is 11.1 Å². The van der Waals surface area contributed by atoms with E-state index in [1.165, 1.54) is 18.3 Å². The van der Waals surface area contributed by atoms with Crippen molar-refractivity contribution in [2.45, 2.75) is 52.2 Å². The summed E-state index contributed by atoms with van der Waals surface area (Å²) >= 11 is 0. The summed E-state index contributed by atoms with van der Waals surface area (Å²) < 4.78 is 20.2. The van der Waals surface area contributed by atoms with E-state index in [1.54, 1.807) is 54.6 Å². The number of ether oxygens (including phenoxy) is 1. The summed E-state index contributed by atoms with van der Waals surface area (Å²) in [4.78, 5) is 42.6. The molecule has 5 N–H and O–H groups in total. The Kier molecular flexibility index (Phi) is 11.8. The van der Waals surface area contributed by atoms with Crippen molar-refractivity contribution >= 4 is 35.8 Å². The van der Waals surface area contributed by atoms with Gasteiger partial charge in [-0.15, -0.1) is 0 Å². The van der Waals surface area contributed by atoms with Crippen LogP contribution in [0.2, 0.25) is 0 Å². The summed E-state index contributed by atoms with van der Waals surface area (Å²) in [7, 11) is 0. The second kappa shape index (κ2) is 16.6. The molecule has 0 aliphatic carbocycles. The van der Waals surface area contributed by atoms with Gasteiger partial charge in [0, 0.05) is 78.6 Å². The third-order valence-corrected chi connectivity index (χ3v) is 8.44. The van der Waals surface area contributed by atoms with Crippen molar-refractivity contribution in [1.29, 1.82) is 5.41 Å². The van der Waals surface area contributed by atoms with Gasteiger partial charge in [-0.3, -0.25) is 14.4 Å². The first kappa shape index (κ1) is 34.9. The lowest BCUT2D eigenvalue weighted by atomic mass is 10.0. The van der Waals surface area contributed by atoms with Crippen LogP contribution in [0, 0.1) is 11.2 Å². The Balaban J connectivity index is 1.30. The second-order valence-electron chi connectivity index (χ2n) is 11.7. The van der Waals surface area contributed by atoms with Crippen molar-refractivity contribution in [3.63, 3.8) is 0 Å². The summed E-state index contributed by atoms with van der Waals surface area (Å²) in [6.45, 7) is 6.24. The molecule has 11 heteroatoms. The molecule has 0 saturated carbocycles. The number of hydrogen-bond acceptors (Lipinski definition) is 8. The molecule has 1 fully saturated rings. The maximum Gasteiger partial charge on any atom is 0.251 e. The first-order valence-corrected chi connectivity index (χ1v) is 16.5. The van der Waals surface area contributed by atoms with Gasteiger partial charge >= 0.3 is 0 Å². The van der Waals surface area contributed by atoms with E-state index in [0.29, 0.717) is 77.2 Å². The molecule has 0 bridgehead atoms. The summed E-state index contributed by atoms with van der Waals surface area (Å²) in [6, 6.07) is 17.8. The van der Waals surface area contributed by atoms with Crippen LogP contribution in [0.3, 0.4) is 0 Å². The minimum atomic E-state index is -0.437. The van der Waals surface area contributed by atoms with Gasteiger partial charge in [0.25, 0.3) is 11.8 Å². The lowest BCUT2D eigenvalue weighted by Gasteiger charge is -2.28. The van der Waals surface area contributed by atoms with Crippen LogP contribution in [0.15, 0.2) is 66.7 Å². The van der Waals surface area contributed by atoms with Gasteiger partial charge in [0.1, 0.15) is 17.9 Å². The SMILES string of the molecule is CCNc1nc(CC)c(CNC(=O)c2cccc(C(=O)NCc3ccc(F)c(-c4cccc(C=O)c4)c3)c2)c(NC2CCOCC2)c1C=N. The normalized spacial score (nSPS) is 13.0. The van der Waals surface area contributed by atoms with Gasteiger partial charge in [-0.1, -0.05) is 37.3 Å². The van der Waals surface area contributed by atoms with Crippen LogP contribution in [0.1, 0.15) is 80.1 Å². The molecule has 1 aromatic heterocycles. The van der Waals surface area contributed by atoms with E-state index >= 15 is 0 Å². The monoisotopic (exact) mass is 664 g/mol. The molecule has 254 valence electrons. The Morgan fingerprint density at radius 3 is 2.35 bits per heavy atom. The molecular weight excluding hydrogens is 623 g/mol. The third-order valence-electron chi connectivity index (χ3n) is 8.44. The number of pyridine rings is 1. The van der Waals surface area contributed by atoms with Gasteiger partial charge in [-0.25, -0.2) is 9.37 Å². The molecule has 2 heterocycles. The van der Waals surface area contributed by atoms with Crippen LogP contribution in [-0.2, 0) is 24.2 Å². The predicted octanol–water partition coefficient (Wildman–Crippen LogP) is 6.14. The van der Waals surface area contributed by atoms with Crippen molar-refractivity contribution in [1.82, 2.24) is 15.6 Å². The number of benzene rings is 3. The Morgan fingerprint density at radius 1 is 0.959 bits per heavy atom. The highest BCUT2D eigenvalue weighted by Crippen LogP contribution is 2.31. The van der Waals surface area contributed by atoms with E-state index in [1.807, 2.05) is 13.8 Å². The minimum absolute atomic E-state index is 0.129. The maximum absolute atomic E-state index is 14.7. The Bertz CT molecular complexity index is 1840. The number of carbonyl (C=O) groups is 3. The van der Waals surface area contributed by atoms with Crippen LogP contribution in [-0.4, -0.2) is 55.1 Å². The zero-order chi connectivity index (χ0) is 34.8. The van der Waals surface area contributed by atoms with Gasteiger partial charge in [-0.05, 0) is 73.7 Å². The summed E-state index contributed by atoms with van der Waals surface area (Å²) in [5, 5.41) is 20.9. The van der Waals surface area contributed by atoms with E-state index < -0.39 is 11.7 Å². The largest absolute Gasteiger partial charge is 0.381 e. The first-order chi connectivity index (χ1) is 23.8. The first-order valence-electron chi connectivity index (χ1n) is 16.5. The number of rotatable bonds is 14. The highest BCUT2D eigenvalue weighted by Gasteiger charge is 2.23. The zero-order valence-electron chi connectivity index (χ0n) is 27.7. The van der Waals surface area contributed by atoms with Gasteiger partial charge in [0.15, 0.2) is 0 Å². The van der Waals surface area contributed by atoms with E-state index in [-0.39, 0.29) is 25.0 Å². The second-order valence-corrected chi connectivity index (χ2v) is 11.7. The van der Waals surface area contributed by atoms with Gasteiger partial charge in [-0.2, -0.15) is 0 Å². The van der Waals surface area contributed by atoms with Gasteiger partial charge in [0.2, 0.25) is 0 Å². The number of nitrogens with zero attached hydrogens (tertiary/aromatic N) is 1. The lowest BCUT2D eigenvalue weighted by molar-refractivity contribution is 0.0904. The smallest absolute Gasteiger partial charge is 0.251 e. The molecule has 4 aromatic rings. The fourth-order valence-electron chi connectivity index (χ4n) is 5.86. The maximum atomic E-state index is 14.7. The van der Waals surface area contributed by atoms with Crippen molar-refractivity contribution in [2.75, 3.05) is 30.4 Å². The molecule has 0 atom stereocenters. The van der Waals surface area contributed by atoms with Gasteiger partial charge in [0.05, 0.1) is 11.3 Å². The molecule has 2 amide bonds. The Hall–Kier alpha value is -5.42. The average Bonchev–Trinajstić information content (AvgIpc) is 3.14. The molecule has 0 radical (unpaired) electrons. The number of carbonyl (C=O) groups excluding carboxylic acids is 3. The van der Waals surface area contributed by atoms with Crippen LogP contribution < -0.4 is 21.3 Å². The van der Waals surface area contributed by atoms with Crippen LogP contribution in [0.4, 0.5) is 15.9 Å². The number of halogens is 1. The molecule has 49 heavy (non-hydrogen) atoms. The fraction of sp³-hybridized carbons (Fsp3) is 0.289. The van der Waals surface area contributed by atoms with Crippen molar-refractivity contribution < 1.29 is 23.5 Å². The minimum Gasteiger partial charge on any atom is -0.381 e. The highest BCUT2D eigenvalue weighted by molar-refractivity contribution is 6.00. The molecule has 1 aliphatic rings. The van der Waals surface area contributed by atoms with E-state index in [9.17, 15) is 18.8 Å². The zero-order valence-corrected chi connectivity index (χ0v) is 27.7. The lowest BCUT2D eigenvalue weighted by Crippen LogP contribution is -2.31. The molecule has 0 unspecified atom stereocenters. The van der Waals surface area contributed by atoms with Crippen LogP contribution in [0.25, 0.3) is 11.1 Å². The summed E-state index contributed by atoms with van der Waals surface area (Å²) in [5.74, 6) is -0.561. The fourth-order valence-corrected chi connectivity index (χ4v) is 5.86. The summed E-state index contributed by atoms with van der Waals surface area (Å²) in [5.41, 5.74) is 5.64. The predicted molar refractivity (Wildman–Crippen MR) is 189 cm³/mol. The number of aldehydes is 1. The number of amides is 2. The standard InChI is InChI=1S/C38H41FN6O4/c1-3-34-32(35(44-29-13-15-49-16-14-29)31(20-40)36(45-34)41-4-2)22-43-38(48)28-10-6-9-27(19-28)37(47)42-21-24-11-12-33(39)30(18-24)26-8-5-7-25(17-26)23-46/h5-12,17-20,23,29,40H,3-4,13-16,21-22H2,1-2H3,(H,42,47)(H,43,48)(H2,41,44,45). The molecule has 10 nitrogen and oxygen atoms in total. The highest BCUT2D eigenvalue weighted by atomic mass is 19.1. The molecule has 5 rings (SSSR count). The molecule has 1 saturated heterocycles. The number of anilines is 2. The van der Waals surface area contributed by atoms with E-state index in [2.05, 4.69) is 21.3 Å². The van der Waals surface area contributed by atoms with Crippen molar-refractivity contribution in [2.24, 2.45) is 0 Å². The Labute approximate surface area is 285 Å². The van der Waals surface area contributed by atoms with Crippen LogP contribution in [0.5, 0.6) is 0 Å². The Morgan fingerprint density at radius 2 is 1.67 bits per heavy atom. The van der Waals surface area contributed by atoms with Gasteiger partial charge < -0.3 is 31.4 Å². The topological polar surface area (TPSA) is 145 Å². The molecule has 1 aliphatic heterocycles. The van der Waals surface area contributed by atoms with Crippen LogP contribution >= 0.6 is 0 Å². The molecular formula is C38H41FN6O4. The van der Waals surface area contributed by atoms with E-state index in [4.69, 9.17) is 15.1 Å². The van der Waals surface area contributed by atoms with E-state index in [0.717, 1.165) is 29.8 Å². The average molecular weight is 665 g/mol. The van der Waals surface area contributed by atoms with Crippen molar-refractivity contribution in [3.05, 3.63) is 112 Å². The molecule has 0 spiro atoms. The summed E-state index contributed by atoms with van der Waals surface area (Å²) in [6.07, 6.45) is 4.28.